The minimum Gasteiger partial charge on any atom is -0.376 e. The fourth-order valence-electron chi connectivity index (χ4n) is 4.40. The number of aromatic nitrogens is 2. The Labute approximate surface area is 193 Å². The highest BCUT2D eigenvalue weighted by atomic mass is 32.2. The van der Waals surface area contributed by atoms with E-state index in [-0.39, 0.29) is 29.4 Å². The van der Waals surface area contributed by atoms with Crippen molar-refractivity contribution in [3.8, 4) is 0 Å². The molecule has 0 bridgehead atoms. The molecule has 0 N–H and O–H groups in total. The number of hydrogen-bond donors (Lipinski definition) is 0. The van der Waals surface area contributed by atoms with Crippen molar-refractivity contribution in [2.75, 3.05) is 12.5 Å². The number of imide groups is 1. The van der Waals surface area contributed by atoms with Crippen molar-refractivity contribution in [3.05, 3.63) is 56.2 Å². The second-order valence-electron chi connectivity index (χ2n) is 7.97. The number of thiophene rings is 1. The molecule has 2 aromatic heterocycles. The number of carbonyl (C=O) groups is 2. The molecule has 1 atom stereocenters. The lowest BCUT2D eigenvalue weighted by molar-refractivity contribution is 0.0683. The summed E-state index contributed by atoms with van der Waals surface area (Å²) in [6, 6.07) is 6.83. The monoisotopic (exact) mass is 469 g/mol. The van der Waals surface area contributed by atoms with Gasteiger partial charge in [0.2, 0.25) is 0 Å². The van der Waals surface area contributed by atoms with Crippen molar-refractivity contribution in [1.82, 2.24) is 14.5 Å². The molecule has 7 nitrogen and oxygen atoms in total. The van der Waals surface area contributed by atoms with Crippen LogP contribution in [0.1, 0.15) is 50.9 Å². The van der Waals surface area contributed by atoms with Gasteiger partial charge in [-0.2, -0.15) is 0 Å². The molecule has 0 aliphatic carbocycles. The normalized spacial score (nSPS) is 18.2. The topological polar surface area (TPSA) is 81.5 Å². The van der Waals surface area contributed by atoms with Crippen LogP contribution in [0.15, 0.2) is 34.2 Å². The number of ether oxygens (including phenoxy) is 1. The number of hydrogen-bond acceptors (Lipinski definition) is 7. The van der Waals surface area contributed by atoms with Gasteiger partial charge in [-0.25, -0.2) is 4.98 Å². The van der Waals surface area contributed by atoms with E-state index in [1.807, 2.05) is 13.8 Å². The predicted octanol–water partition coefficient (Wildman–Crippen LogP) is 3.85. The summed E-state index contributed by atoms with van der Waals surface area (Å²) in [4.78, 5) is 46.9. The van der Waals surface area contributed by atoms with E-state index in [0.29, 0.717) is 39.7 Å². The van der Waals surface area contributed by atoms with Crippen LogP contribution in [0.2, 0.25) is 0 Å². The Balaban J connectivity index is 1.51. The standard InChI is InChI=1S/C23H23N3O4S2/c1-3-15-13(2)32-19-18(15)22(29)25(11-14-7-6-10-30-14)23(24-19)31-12-26-20(27)16-8-4-5-9-17(16)21(26)28/h4-5,8-9,14H,3,6-7,10-12H2,1-2H3/t14-/m1/s1. The third kappa shape index (κ3) is 3.48. The molecule has 2 aliphatic rings. The van der Waals surface area contributed by atoms with Gasteiger partial charge in [0.25, 0.3) is 17.4 Å². The molecule has 2 aliphatic heterocycles. The van der Waals surface area contributed by atoms with Gasteiger partial charge in [0.05, 0.1) is 35.0 Å². The second kappa shape index (κ2) is 8.46. The Bertz CT molecular complexity index is 1260. The largest absolute Gasteiger partial charge is 0.376 e. The fraction of sp³-hybridized carbons (Fsp3) is 0.391. The van der Waals surface area contributed by atoms with Crippen LogP contribution in [0.3, 0.4) is 0 Å². The maximum Gasteiger partial charge on any atom is 0.263 e. The van der Waals surface area contributed by atoms with E-state index in [2.05, 4.69) is 0 Å². The molecule has 0 spiro atoms. The van der Waals surface area contributed by atoms with Crippen LogP contribution in [0.25, 0.3) is 10.2 Å². The minimum absolute atomic E-state index is 0.0320. The molecule has 5 rings (SSSR count). The van der Waals surface area contributed by atoms with Crippen LogP contribution in [0.5, 0.6) is 0 Å². The second-order valence-corrected chi connectivity index (χ2v) is 10.1. The Hall–Kier alpha value is -2.49. The lowest BCUT2D eigenvalue weighted by Crippen LogP contribution is -2.31. The highest BCUT2D eigenvalue weighted by Crippen LogP contribution is 2.31. The first kappa shape index (κ1) is 21.4. The van der Waals surface area contributed by atoms with Gasteiger partial charge in [-0.1, -0.05) is 30.8 Å². The third-order valence-electron chi connectivity index (χ3n) is 6.04. The highest BCUT2D eigenvalue weighted by molar-refractivity contribution is 7.99. The van der Waals surface area contributed by atoms with Gasteiger partial charge in [0.1, 0.15) is 4.83 Å². The van der Waals surface area contributed by atoms with Crippen molar-refractivity contribution in [1.29, 1.82) is 0 Å². The van der Waals surface area contributed by atoms with Crippen LogP contribution in [0.4, 0.5) is 0 Å². The van der Waals surface area contributed by atoms with Crippen LogP contribution in [0, 0.1) is 6.92 Å². The smallest absolute Gasteiger partial charge is 0.263 e. The number of rotatable bonds is 6. The molecule has 32 heavy (non-hydrogen) atoms. The molecule has 0 unspecified atom stereocenters. The Kier molecular flexibility index (Phi) is 5.65. The predicted molar refractivity (Wildman–Crippen MR) is 125 cm³/mol. The van der Waals surface area contributed by atoms with E-state index >= 15 is 0 Å². The summed E-state index contributed by atoms with van der Waals surface area (Å²) in [5.41, 5.74) is 1.80. The first-order chi connectivity index (χ1) is 15.5. The molecule has 2 amide bonds. The summed E-state index contributed by atoms with van der Waals surface area (Å²) in [6.07, 6.45) is 2.61. The van der Waals surface area contributed by atoms with E-state index in [1.165, 1.54) is 28.0 Å². The third-order valence-corrected chi connectivity index (χ3v) is 8.04. The Morgan fingerprint density at radius 2 is 1.91 bits per heavy atom. The first-order valence-electron chi connectivity index (χ1n) is 10.7. The van der Waals surface area contributed by atoms with Crippen LogP contribution < -0.4 is 5.56 Å². The average Bonchev–Trinajstić information content (AvgIpc) is 3.47. The van der Waals surface area contributed by atoms with Gasteiger partial charge in [0.15, 0.2) is 5.16 Å². The Morgan fingerprint density at radius 3 is 2.53 bits per heavy atom. The van der Waals surface area contributed by atoms with E-state index in [9.17, 15) is 14.4 Å². The van der Waals surface area contributed by atoms with E-state index < -0.39 is 0 Å². The van der Waals surface area contributed by atoms with Gasteiger partial charge in [-0.05, 0) is 43.9 Å². The highest BCUT2D eigenvalue weighted by Gasteiger charge is 2.35. The van der Waals surface area contributed by atoms with Gasteiger partial charge in [-0.15, -0.1) is 11.3 Å². The molecule has 1 fully saturated rings. The zero-order chi connectivity index (χ0) is 22.4. The minimum atomic E-state index is -0.313. The SMILES string of the molecule is CCc1c(C)sc2nc(SCN3C(=O)c4ccccc4C3=O)n(C[C@H]3CCCO3)c(=O)c12. The lowest BCUT2D eigenvalue weighted by Gasteiger charge is -2.18. The first-order valence-corrected chi connectivity index (χ1v) is 12.5. The van der Waals surface area contributed by atoms with Gasteiger partial charge < -0.3 is 4.74 Å². The zero-order valence-electron chi connectivity index (χ0n) is 17.9. The number of thioether (sulfide) groups is 1. The molecule has 1 saturated heterocycles. The van der Waals surface area contributed by atoms with Crippen molar-refractivity contribution in [2.45, 2.75) is 50.9 Å². The van der Waals surface area contributed by atoms with Gasteiger partial charge >= 0.3 is 0 Å². The Morgan fingerprint density at radius 1 is 1.19 bits per heavy atom. The average molecular weight is 470 g/mol. The van der Waals surface area contributed by atoms with E-state index in [1.54, 1.807) is 28.8 Å². The quantitative estimate of drug-likeness (QED) is 0.310. The molecule has 4 heterocycles. The van der Waals surface area contributed by atoms with Crippen molar-refractivity contribution in [3.63, 3.8) is 0 Å². The summed E-state index contributed by atoms with van der Waals surface area (Å²) in [5, 5.41) is 1.19. The number of carbonyl (C=O) groups excluding carboxylic acids is 2. The van der Waals surface area contributed by atoms with Gasteiger partial charge in [0, 0.05) is 11.5 Å². The number of fused-ring (bicyclic) bond motifs is 2. The number of amides is 2. The van der Waals surface area contributed by atoms with E-state index in [0.717, 1.165) is 29.7 Å². The van der Waals surface area contributed by atoms with Crippen LogP contribution in [-0.2, 0) is 17.7 Å². The van der Waals surface area contributed by atoms with Gasteiger partial charge in [-0.3, -0.25) is 23.9 Å². The number of benzene rings is 1. The van der Waals surface area contributed by atoms with Crippen LogP contribution >= 0.6 is 23.1 Å². The van der Waals surface area contributed by atoms with Crippen LogP contribution in [-0.4, -0.2) is 44.9 Å². The molecule has 1 aromatic carbocycles. The van der Waals surface area contributed by atoms with E-state index in [4.69, 9.17) is 9.72 Å². The maximum atomic E-state index is 13.5. The lowest BCUT2D eigenvalue weighted by atomic mass is 10.1. The van der Waals surface area contributed by atoms with Crippen molar-refractivity contribution in [2.24, 2.45) is 0 Å². The number of aryl methyl sites for hydroxylation is 2. The maximum absolute atomic E-state index is 13.5. The summed E-state index contributed by atoms with van der Waals surface area (Å²) >= 11 is 2.76. The summed E-state index contributed by atoms with van der Waals surface area (Å²) in [5.74, 6) is -0.527. The molecular formula is C23H23N3O4S2. The molecule has 3 aromatic rings. The molecule has 0 radical (unpaired) electrons. The summed E-state index contributed by atoms with van der Waals surface area (Å²) < 4.78 is 7.46. The molecule has 9 heteroatoms. The zero-order valence-corrected chi connectivity index (χ0v) is 19.6. The number of nitrogens with zero attached hydrogens (tertiary/aromatic N) is 3. The summed E-state index contributed by atoms with van der Waals surface area (Å²) in [7, 11) is 0. The fourth-order valence-corrected chi connectivity index (χ4v) is 6.51. The molecular weight excluding hydrogens is 446 g/mol. The van der Waals surface area contributed by atoms with Crippen molar-refractivity contribution >= 4 is 45.1 Å². The van der Waals surface area contributed by atoms with Crippen molar-refractivity contribution < 1.29 is 14.3 Å². The molecule has 0 saturated carbocycles. The molecule has 166 valence electrons. The summed E-state index contributed by atoms with van der Waals surface area (Å²) in [6.45, 7) is 5.18.